The first kappa shape index (κ1) is 11.5. The van der Waals surface area contributed by atoms with Crippen LogP contribution in [0.5, 0.6) is 0 Å². The molecule has 3 nitrogen and oxygen atoms in total. The minimum atomic E-state index is -0.752. The van der Waals surface area contributed by atoms with Gasteiger partial charge in [0.25, 0.3) is 0 Å². The number of rotatable bonds is 2. The summed E-state index contributed by atoms with van der Waals surface area (Å²) in [5.41, 5.74) is 5.97. The second-order valence-electron chi connectivity index (χ2n) is 4.45. The maximum atomic E-state index is 10.7. The van der Waals surface area contributed by atoms with Crippen LogP contribution in [-0.4, -0.2) is 6.09 Å². The number of amides is 1. The molecular weight excluding hydrogens is 238 g/mol. The average molecular weight is 251 g/mol. The van der Waals surface area contributed by atoms with Gasteiger partial charge in [0.2, 0.25) is 0 Å². The number of primary amides is 1. The van der Waals surface area contributed by atoms with Crippen molar-refractivity contribution in [2.45, 2.75) is 6.61 Å². The van der Waals surface area contributed by atoms with Crippen LogP contribution < -0.4 is 5.73 Å². The highest BCUT2D eigenvalue weighted by molar-refractivity contribution is 5.99. The second-order valence-corrected chi connectivity index (χ2v) is 4.45. The summed E-state index contributed by atoms with van der Waals surface area (Å²) < 4.78 is 4.89. The van der Waals surface area contributed by atoms with Gasteiger partial charge < -0.3 is 10.5 Å². The average Bonchev–Trinajstić information content (AvgIpc) is 2.42. The van der Waals surface area contributed by atoms with Crippen LogP contribution in [0.25, 0.3) is 21.5 Å². The minimum Gasteiger partial charge on any atom is -0.445 e. The third-order valence-corrected chi connectivity index (χ3v) is 3.21. The highest BCUT2D eigenvalue weighted by Gasteiger charge is 2.04. The van der Waals surface area contributed by atoms with Gasteiger partial charge in [-0.3, -0.25) is 0 Å². The number of nitrogens with two attached hydrogens (primary N) is 1. The van der Waals surface area contributed by atoms with Crippen LogP contribution in [0.4, 0.5) is 4.79 Å². The highest BCUT2D eigenvalue weighted by Crippen LogP contribution is 2.25. The van der Waals surface area contributed by atoms with Crippen molar-refractivity contribution in [1.82, 2.24) is 0 Å². The van der Waals surface area contributed by atoms with Gasteiger partial charge in [-0.1, -0.05) is 42.5 Å². The molecule has 0 spiro atoms. The lowest BCUT2D eigenvalue weighted by Gasteiger charge is -2.08. The molecule has 3 rings (SSSR count). The van der Waals surface area contributed by atoms with Crippen LogP contribution in [0.1, 0.15) is 5.56 Å². The monoisotopic (exact) mass is 251 g/mol. The topological polar surface area (TPSA) is 52.3 Å². The molecule has 0 aromatic heterocycles. The standard InChI is InChI=1S/C16H13NO2/c17-16(18)19-10-14-7-3-6-13-8-11-4-1-2-5-12(11)9-15(13)14/h1-9H,10H2,(H2,17,18). The first-order valence-corrected chi connectivity index (χ1v) is 6.07. The van der Waals surface area contributed by atoms with Gasteiger partial charge in [0, 0.05) is 0 Å². The molecule has 0 bridgehead atoms. The lowest BCUT2D eigenvalue weighted by molar-refractivity contribution is 0.150. The van der Waals surface area contributed by atoms with Crippen molar-refractivity contribution in [3.8, 4) is 0 Å². The van der Waals surface area contributed by atoms with Crippen LogP contribution in [0, 0.1) is 0 Å². The fourth-order valence-electron chi connectivity index (χ4n) is 2.31. The molecule has 3 aromatic rings. The van der Waals surface area contributed by atoms with E-state index in [1.807, 2.05) is 24.3 Å². The molecule has 0 heterocycles. The number of hydrogen-bond acceptors (Lipinski definition) is 2. The lowest BCUT2D eigenvalue weighted by Crippen LogP contribution is -2.12. The van der Waals surface area contributed by atoms with Gasteiger partial charge in [0.05, 0.1) is 0 Å². The van der Waals surface area contributed by atoms with Crippen molar-refractivity contribution in [3.63, 3.8) is 0 Å². The number of benzene rings is 3. The van der Waals surface area contributed by atoms with Crippen molar-refractivity contribution in [2.75, 3.05) is 0 Å². The molecule has 0 aliphatic carbocycles. The van der Waals surface area contributed by atoms with Gasteiger partial charge in [-0.05, 0) is 39.2 Å². The summed E-state index contributed by atoms with van der Waals surface area (Å²) in [4.78, 5) is 10.7. The minimum absolute atomic E-state index is 0.199. The van der Waals surface area contributed by atoms with Gasteiger partial charge >= 0.3 is 6.09 Å². The van der Waals surface area contributed by atoms with Gasteiger partial charge in [0.1, 0.15) is 6.61 Å². The number of ether oxygens (including phenoxy) is 1. The molecule has 2 N–H and O–H groups in total. The summed E-state index contributed by atoms with van der Waals surface area (Å²) in [6, 6.07) is 18.4. The molecular formula is C16H13NO2. The highest BCUT2D eigenvalue weighted by atomic mass is 16.5. The van der Waals surface area contributed by atoms with E-state index in [1.54, 1.807) is 0 Å². The van der Waals surface area contributed by atoms with Crippen LogP contribution in [0.3, 0.4) is 0 Å². The van der Waals surface area contributed by atoms with Gasteiger partial charge in [-0.15, -0.1) is 0 Å². The van der Waals surface area contributed by atoms with E-state index < -0.39 is 6.09 Å². The number of hydrogen-bond donors (Lipinski definition) is 1. The summed E-state index contributed by atoms with van der Waals surface area (Å²) in [7, 11) is 0. The smallest absolute Gasteiger partial charge is 0.404 e. The molecule has 19 heavy (non-hydrogen) atoms. The summed E-state index contributed by atoms with van der Waals surface area (Å²) in [5, 5.41) is 4.58. The molecule has 0 saturated heterocycles. The number of fused-ring (bicyclic) bond motifs is 2. The molecule has 0 fully saturated rings. The van der Waals surface area contributed by atoms with Crippen LogP contribution in [-0.2, 0) is 11.3 Å². The Kier molecular flexibility index (Phi) is 2.80. The largest absolute Gasteiger partial charge is 0.445 e. The van der Waals surface area contributed by atoms with E-state index in [4.69, 9.17) is 10.5 Å². The molecule has 0 unspecified atom stereocenters. The molecule has 3 aromatic carbocycles. The fourth-order valence-corrected chi connectivity index (χ4v) is 2.31. The van der Waals surface area contributed by atoms with Crippen molar-refractivity contribution < 1.29 is 9.53 Å². The van der Waals surface area contributed by atoms with Crippen molar-refractivity contribution in [1.29, 1.82) is 0 Å². The Labute approximate surface area is 110 Å². The Morgan fingerprint density at radius 1 is 0.947 bits per heavy atom. The van der Waals surface area contributed by atoms with E-state index in [9.17, 15) is 4.79 Å². The molecule has 94 valence electrons. The van der Waals surface area contributed by atoms with Gasteiger partial charge in [-0.2, -0.15) is 0 Å². The molecule has 0 atom stereocenters. The quantitative estimate of drug-likeness (QED) is 0.707. The van der Waals surface area contributed by atoms with Crippen molar-refractivity contribution in [3.05, 3.63) is 60.2 Å². The summed E-state index contributed by atoms with van der Waals surface area (Å²) >= 11 is 0. The van der Waals surface area contributed by atoms with E-state index in [1.165, 1.54) is 10.8 Å². The predicted octanol–water partition coefficient (Wildman–Crippen LogP) is 3.59. The van der Waals surface area contributed by atoms with Crippen LogP contribution >= 0.6 is 0 Å². The molecule has 0 radical (unpaired) electrons. The number of carbonyl (C=O) groups is 1. The predicted molar refractivity (Wildman–Crippen MR) is 75.8 cm³/mol. The molecule has 0 aliphatic rings. The third-order valence-electron chi connectivity index (χ3n) is 3.21. The maximum absolute atomic E-state index is 10.7. The Hall–Kier alpha value is -2.55. The van der Waals surface area contributed by atoms with E-state index >= 15 is 0 Å². The molecule has 0 saturated carbocycles. The second kappa shape index (κ2) is 4.61. The summed E-state index contributed by atoms with van der Waals surface area (Å²) in [6.45, 7) is 0.199. The van der Waals surface area contributed by atoms with E-state index in [-0.39, 0.29) is 6.61 Å². The Bertz CT molecular complexity index is 765. The zero-order valence-electron chi connectivity index (χ0n) is 10.3. The van der Waals surface area contributed by atoms with Crippen molar-refractivity contribution >= 4 is 27.6 Å². The summed E-state index contributed by atoms with van der Waals surface area (Å²) in [6.07, 6.45) is -0.752. The molecule has 0 aliphatic heterocycles. The van der Waals surface area contributed by atoms with E-state index in [2.05, 4.69) is 30.3 Å². The Balaban J connectivity index is 2.17. The molecule has 3 heteroatoms. The maximum Gasteiger partial charge on any atom is 0.404 e. The van der Waals surface area contributed by atoms with E-state index in [0.29, 0.717) is 0 Å². The van der Waals surface area contributed by atoms with Crippen LogP contribution in [0.15, 0.2) is 54.6 Å². The first-order chi connectivity index (χ1) is 9.24. The summed E-state index contributed by atoms with van der Waals surface area (Å²) in [5.74, 6) is 0. The zero-order chi connectivity index (χ0) is 13.2. The zero-order valence-corrected chi connectivity index (χ0v) is 10.3. The van der Waals surface area contributed by atoms with E-state index in [0.717, 1.165) is 16.3 Å². The normalized spacial score (nSPS) is 10.7. The van der Waals surface area contributed by atoms with Crippen LogP contribution in [0.2, 0.25) is 0 Å². The SMILES string of the molecule is NC(=O)OCc1cccc2cc3ccccc3cc12. The van der Waals surface area contributed by atoms with Gasteiger partial charge in [-0.25, -0.2) is 4.79 Å². The molecule has 1 amide bonds. The van der Waals surface area contributed by atoms with Gasteiger partial charge in [0.15, 0.2) is 0 Å². The Morgan fingerprint density at radius 3 is 2.37 bits per heavy atom. The number of carbonyl (C=O) groups excluding carboxylic acids is 1. The fraction of sp³-hybridized carbons (Fsp3) is 0.0625. The first-order valence-electron chi connectivity index (χ1n) is 6.07. The van der Waals surface area contributed by atoms with Crippen molar-refractivity contribution in [2.24, 2.45) is 5.73 Å². The third kappa shape index (κ3) is 2.22. The lowest BCUT2D eigenvalue weighted by atomic mass is 10.00. The Morgan fingerprint density at radius 2 is 1.63 bits per heavy atom.